The van der Waals surface area contributed by atoms with Gasteiger partial charge >= 0.3 is 12.0 Å². The van der Waals surface area contributed by atoms with Crippen LogP contribution in [0.5, 0.6) is 0 Å². The molecular weight excluding hydrogens is 278 g/mol. The van der Waals surface area contributed by atoms with Crippen molar-refractivity contribution in [2.24, 2.45) is 5.92 Å². The van der Waals surface area contributed by atoms with Crippen LogP contribution in [-0.2, 0) is 11.3 Å². The molecule has 0 fully saturated rings. The third kappa shape index (κ3) is 4.19. The van der Waals surface area contributed by atoms with Gasteiger partial charge in [-0.15, -0.1) is 11.3 Å². The normalized spacial score (nSPS) is 12.0. The number of carboxylic acid groups (broad SMARTS) is 1. The van der Waals surface area contributed by atoms with Crippen LogP contribution in [0.1, 0.15) is 24.4 Å². The summed E-state index contributed by atoms with van der Waals surface area (Å²) in [7, 11) is 1.72. The van der Waals surface area contributed by atoms with Crippen molar-refractivity contribution in [2.75, 3.05) is 20.1 Å². The SMILES string of the molecule is CCN(CC(C)C(=O)O)C(=O)N(C)Cc1scnc1C. The summed E-state index contributed by atoms with van der Waals surface area (Å²) in [5.74, 6) is -1.46. The maximum absolute atomic E-state index is 12.3. The highest BCUT2D eigenvalue weighted by Crippen LogP contribution is 2.15. The van der Waals surface area contributed by atoms with Crippen LogP contribution in [0.25, 0.3) is 0 Å². The number of urea groups is 1. The highest BCUT2D eigenvalue weighted by Gasteiger charge is 2.22. The van der Waals surface area contributed by atoms with E-state index in [9.17, 15) is 9.59 Å². The van der Waals surface area contributed by atoms with E-state index >= 15 is 0 Å². The number of hydrogen-bond acceptors (Lipinski definition) is 4. The van der Waals surface area contributed by atoms with Crippen LogP contribution in [-0.4, -0.2) is 52.0 Å². The van der Waals surface area contributed by atoms with E-state index in [1.165, 1.54) is 11.3 Å². The standard InChI is InChI=1S/C13H21N3O3S/c1-5-16(6-9(2)12(17)18)13(19)15(4)7-11-10(3)14-8-20-11/h8-9H,5-7H2,1-4H3,(H,17,18). The molecule has 0 aliphatic heterocycles. The van der Waals surface area contributed by atoms with Gasteiger partial charge < -0.3 is 14.9 Å². The van der Waals surface area contributed by atoms with E-state index in [2.05, 4.69) is 4.98 Å². The third-order valence-electron chi connectivity index (χ3n) is 3.12. The van der Waals surface area contributed by atoms with Gasteiger partial charge in [-0.3, -0.25) is 4.79 Å². The van der Waals surface area contributed by atoms with E-state index in [-0.39, 0.29) is 12.6 Å². The summed E-state index contributed by atoms with van der Waals surface area (Å²) in [4.78, 5) is 31.5. The van der Waals surface area contributed by atoms with Crippen LogP contribution in [0.2, 0.25) is 0 Å². The highest BCUT2D eigenvalue weighted by molar-refractivity contribution is 7.09. The topological polar surface area (TPSA) is 73.7 Å². The van der Waals surface area contributed by atoms with Crippen molar-refractivity contribution in [3.63, 3.8) is 0 Å². The molecule has 0 spiro atoms. The molecule has 20 heavy (non-hydrogen) atoms. The first kappa shape index (κ1) is 16.4. The number of aromatic nitrogens is 1. The number of carbonyl (C=O) groups excluding carboxylic acids is 1. The van der Waals surface area contributed by atoms with Gasteiger partial charge in [0.25, 0.3) is 0 Å². The Labute approximate surface area is 123 Å². The van der Waals surface area contributed by atoms with E-state index in [0.29, 0.717) is 13.1 Å². The van der Waals surface area contributed by atoms with E-state index in [1.807, 2.05) is 13.8 Å². The number of hydrogen-bond donors (Lipinski definition) is 1. The Kier molecular flexibility index (Phi) is 5.94. The number of aryl methyl sites for hydroxylation is 1. The maximum atomic E-state index is 12.3. The molecule has 1 N–H and O–H groups in total. The zero-order valence-electron chi connectivity index (χ0n) is 12.3. The Morgan fingerprint density at radius 2 is 2.15 bits per heavy atom. The van der Waals surface area contributed by atoms with Crippen molar-refractivity contribution < 1.29 is 14.7 Å². The van der Waals surface area contributed by atoms with Crippen molar-refractivity contribution in [1.29, 1.82) is 0 Å². The number of amides is 2. The Balaban J connectivity index is 2.66. The summed E-state index contributed by atoms with van der Waals surface area (Å²) in [5, 5.41) is 8.93. The Hall–Kier alpha value is -1.63. The van der Waals surface area contributed by atoms with Crippen LogP contribution in [0.3, 0.4) is 0 Å². The average molecular weight is 299 g/mol. The van der Waals surface area contributed by atoms with Crippen molar-refractivity contribution in [1.82, 2.24) is 14.8 Å². The maximum Gasteiger partial charge on any atom is 0.320 e. The molecule has 1 unspecified atom stereocenters. The predicted molar refractivity (Wildman–Crippen MR) is 77.8 cm³/mol. The molecule has 1 aromatic heterocycles. The molecule has 1 atom stereocenters. The minimum Gasteiger partial charge on any atom is -0.481 e. The lowest BCUT2D eigenvalue weighted by atomic mass is 10.2. The van der Waals surface area contributed by atoms with Crippen molar-refractivity contribution in [2.45, 2.75) is 27.3 Å². The number of thiazole rings is 1. The lowest BCUT2D eigenvalue weighted by Crippen LogP contribution is -2.43. The minimum absolute atomic E-state index is 0.159. The molecule has 0 saturated heterocycles. The predicted octanol–water partition coefficient (Wildman–Crippen LogP) is 2.05. The second kappa shape index (κ2) is 7.23. The molecule has 0 aromatic carbocycles. The quantitative estimate of drug-likeness (QED) is 0.872. The summed E-state index contributed by atoms with van der Waals surface area (Å²) in [6.07, 6.45) is 0. The summed E-state index contributed by atoms with van der Waals surface area (Å²) in [6, 6.07) is -0.159. The molecule has 6 nitrogen and oxygen atoms in total. The highest BCUT2D eigenvalue weighted by atomic mass is 32.1. The average Bonchev–Trinajstić information content (AvgIpc) is 2.80. The van der Waals surface area contributed by atoms with Gasteiger partial charge in [-0.1, -0.05) is 6.92 Å². The second-order valence-corrected chi connectivity index (χ2v) is 5.72. The molecule has 1 rings (SSSR count). The Morgan fingerprint density at radius 3 is 2.60 bits per heavy atom. The lowest BCUT2D eigenvalue weighted by Gasteiger charge is -2.28. The van der Waals surface area contributed by atoms with Crippen LogP contribution < -0.4 is 0 Å². The van der Waals surface area contributed by atoms with Gasteiger partial charge in [0.1, 0.15) is 0 Å². The van der Waals surface area contributed by atoms with Crippen LogP contribution in [0.4, 0.5) is 4.79 Å². The third-order valence-corrected chi connectivity index (χ3v) is 4.04. The van der Waals surface area contributed by atoms with Crippen LogP contribution >= 0.6 is 11.3 Å². The van der Waals surface area contributed by atoms with Crippen LogP contribution in [0, 0.1) is 12.8 Å². The molecule has 0 aliphatic carbocycles. The number of carboxylic acids is 1. The molecule has 112 valence electrons. The monoisotopic (exact) mass is 299 g/mol. The van der Waals surface area contributed by atoms with Gasteiger partial charge in [0, 0.05) is 25.0 Å². The smallest absolute Gasteiger partial charge is 0.320 e. The van der Waals surface area contributed by atoms with Gasteiger partial charge in [0.15, 0.2) is 0 Å². The zero-order valence-corrected chi connectivity index (χ0v) is 13.1. The van der Waals surface area contributed by atoms with Crippen molar-refractivity contribution in [3.05, 3.63) is 16.1 Å². The molecule has 1 heterocycles. The largest absolute Gasteiger partial charge is 0.481 e. The van der Waals surface area contributed by atoms with Gasteiger partial charge in [0.05, 0.1) is 23.7 Å². The number of rotatable bonds is 6. The van der Waals surface area contributed by atoms with Crippen LogP contribution in [0.15, 0.2) is 5.51 Å². The van der Waals surface area contributed by atoms with E-state index in [0.717, 1.165) is 10.6 Å². The molecule has 7 heteroatoms. The van der Waals surface area contributed by atoms with E-state index in [4.69, 9.17) is 5.11 Å². The fourth-order valence-corrected chi connectivity index (χ4v) is 2.58. The first-order chi connectivity index (χ1) is 9.36. The molecule has 1 aromatic rings. The summed E-state index contributed by atoms with van der Waals surface area (Å²) in [5.41, 5.74) is 2.68. The fourth-order valence-electron chi connectivity index (χ4n) is 1.75. The number of nitrogens with zero attached hydrogens (tertiary/aromatic N) is 3. The summed E-state index contributed by atoms with van der Waals surface area (Å²) in [6.45, 7) is 6.56. The first-order valence-corrected chi connectivity index (χ1v) is 7.36. The molecule has 0 aliphatic rings. The first-order valence-electron chi connectivity index (χ1n) is 6.48. The van der Waals surface area contributed by atoms with E-state index in [1.54, 1.807) is 29.3 Å². The fraction of sp³-hybridized carbons (Fsp3) is 0.615. The molecular formula is C13H21N3O3S. The molecule has 0 bridgehead atoms. The Morgan fingerprint density at radius 1 is 1.50 bits per heavy atom. The van der Waals surface area contributed by atoms with Gasteiger partial charge in [0.2, 0.25) is 0 Å². The Bertz CT molecular complexity index is 475. The van der Waals surface area contributed by atoms with Gasteiger partial charge in [-0.05, 0) is 13.8 Å². The summed E-state index contributed by atoms with van der Waals surface area (Å²) < 4.78 is 0. The minimum atomic E-state index is -0.891. The molecule has 0 radical (unpaired) electrons. The zero-order chi connectivity index (χ0) is 15.3. The number of aliphatic carboxylic acids is 1. The van der Waals surface area contributed by atoms with Gasteiger partial charge in [-0.2, -0.15) is 0 Å². The second-order valence-electron chi connectivity index (χ2n) is 4.78. The number of carbonyl (C=O) groups is 2. The van der Waals surface area contributed by atoms with Gasteiger partial charge in [-0.25, -0.2) is 9.78 Å². The summed E-state index contributed by atoms with van der Waals surface area (Å²) >= 11 is 1.52. The van der Waals surface area contributed by atoms with Crippen molar-refractivity contribution in [3.8, 4) is 0 Å². The molecule has 2 amide bonds. The van der Waals surface area contributed by atoms with E-state index < -0.39 is 11.9 Å². The molecule has 0 saturated carbocycles. The lowest BCUT2D eigenvalue weighted by molar-refractivity contribution is -0.141. The van der Waals surface area contributed by atoms with Crippen molar-refractivity contribution >= 4 is 23.3 Å².